The monoisotopic (exact) mass is 334 g/mol. The zero-order chi connectivity index (χ0) is 17.6. The molecule has 0 fully saturated rings. The molecule has 3 aromatic rings. The summed E-state index contributed by atoms with van der Waals surface area (Å²) in [7, 11) is 0. The first-order chi connectivity index (χ1) is 12.1. The summed E-state index contributed by atoms with van der Waals surface area (Å²) >= 11 is 0. The maximum Gasteiger partial charge on any atom is 0.269 e. The molecule has 0 aliphatic rings. The maximum absolute atomic E-state index is 12.1. The lowest BCUT2D eigenvalue weighted by atomic mass is 10.1. The van der Waals surface area contributed by atoms with Crippen molar-refractivity contribution >= 4 is 28.2 Å². The molecule has 3 rings (SSSR count). The highest BCUT2D eigenvalue weighted by atomic mass is 16.1. The number of amides is 1. The number of carbonyl (C=O) groups excluding carboxylic acids is 1. The summed E-state index contributed by atoms with van der Waals surface area (Å²) in [5, 5.41) is 7.28. The Bertz CT molecular complexity index is 854. The fourth-order valence-corrected chi connectivity index (χ4v) is 2.53. The first-order valence-corrected chi connectivity index (χ1v) is 8.48. The van der Waals surface area contributed by atoms with Crippen LogP contribution in [0.5, 0.6) is 0 Å². The average molecular weight is 334 g/mol. The number of rotatable bonds is 6. The summed E-state index contributed by atoms with van der Waals surface area (Å²) in [5.74, 6) is 0.424. The number of nitrogens with one attached hydrogen (secondary N) is 2. The van der Waals surface area contributed by atoms with E-state index in [1.165, 1.54) is 0 Å². The Morgan fingerprint density at radius 2 is 1.92 bits per heavy atom. The van der Waals surface area contributed by atoms with Gasteiger partial charge in [0.05, 0.1) is 23.1 Å². The van der Waals surface area contributed by atoms with Crippen molar-refractivity contribution in [2.24, 2.45) is 5.92 Å². The SMILES string of the molecule is CC(C)CCNC(=O)c1ccc(Nc2cccc3cccnc23)cn1. The number of anilines is 2. The molecule has 0 spiro atoms. The molecule has 0 saturated heterocycles. The van der Waals surface area contributed by atoms with Gasteiger partial charge in [0, 0.05) is 18.1 Å². The first kappa shape index (κ1) is 16.9. The molecule has 0 radical (unpaired) electrons. The molecule has 2 N–H and O–H groups in total. The van der Waals surface area contributed by atoms with E-state index in [9.17, 15) is 4.79 Å². The number of aromatic nitrogens is 2. The van der Waals surface area contributed by atoms with Crippen molar-refractivity contribution in [3.05, 3.63) is 60.6 Å². The van der Waals surface area contributed by atoms with Crippen molar-refractivity contribution in [2.75, 3.05) is 11.9 Å². The third-order valence-electron chi connectivity index (χ3n) is 3.92. The number of fused-ring (bicyclic) bond motifs is 1. The Balaban J connectivity index is 1.69. The second-order valence-corrected chi connectivity index (χ2v) is 6.38. The van der Waals surface area contributed by atoms with Crippen molar-refractivity contribution in [1.82, 2.24) is 15.3 Å². The molecule has 0 atom stereocenters. The minimum atomic E-state index is -0.140. The number of nitrogens with zero attached hydrogens (tertiary/aromatic N) is 2. The Kier molecular flexibility index (Phi) is 5.23. The van der Waals surface area contributed by atoms with Crippen LogP contribution in [0.2, 0.25) is 0 Å². The number of para-hydroxylation sites is 1. The molecule has 2 aromatic heterocycles. The van der Waals surface area contributed by atoms with Gasteiger partial charge in [-0.25, -0.2) is 4.98 Å². The van der Waals surface area contributed by atoms with Gasteiger partial charge in [0.15, 0.2) is 0 Å². The Morgan fingerprint density at radius 3 is 2.68 bits per heavy atom. The maximum atomic E-state index is 12.1. The number of hydrogen-bond donors (Lipinski definition) is 2. The smallest absolute Gasteiger partial charge is 0.269 e. The minimum absolute atomic E-state index is 0.140. The molecule has 0 unspecified atom stereocenters. The predicted octanol–water partition coefficient (Wildman–Crippen LogP) is 4.15. The quantitative estimate of drug-likeness (QED) is 0.711. The molecule has 25 heavy (non-hydrogen) atoms. The minimum Gasteiger partial charge on any atom is -0.352 e. The predicted molar refractivity (Wildman–Crippen MR) is 101 cm³/mol. The number of hydrogen-bond acceptors (Lipinski definition) is 4. The standard InChI is InChI=1S/C20H22N4O/c1-14(2)10-12-22-20(25)18-9-8-16(13-23-18)24-17-7-3-5-15-6-4-11-21-19(15)17/h3-9,11,13-14,24H,10,12H2,1-2H3,(H,22,25). The second-order valence-electron chi connectivity index (χ2n) is 6.38. The Labute approximate surface area is 147 Å². The van der Waals surface area contributed by atoms with Crippen LogP contribution in [0.15, 0.2) is 54.9 Å². The largest absolute Gasteiger partial charge is 0.352 e. The van der Waals surface area contributed by atoms with E-state index >= 15 is 0 Å². The summed E-state index contributed by atoms with van der Waals surface area (Å²) in [4.78, 5) is 20.7. The highest BCUT2D eigenvalue weighted by molar-refractivity contribution is 5.93. The van der Waals surface area contributed by atoms with Gasteiger partial charge in [0.25, 0.3) is 5.91 Å². The molecule has 0 saturated carbocycles. The van der Waals surface area contributed by atoms with Crippen LogP contribution in [0, 0.1) is 5.92 Å². The zero-order valence-corrected chi connectivity index (χ0v) is 14.5. The molecule has 2 heterocycles. The van der Waals surface area contributed by atoms with E-state index < -0.39 is 0 Å². The van der Waals surface area contributed by atoms with E-state index in [1.807, 2.05) is 36.4 Å². The van der Waals surface area contributed by atoms with Crippen molar-refractivity contribution in [2.45, 2.75) is 20.3 Å². The van der Waals surface area contributed by atoms with Crippen molar-refractivity contribution in [3.63, 3.8) is 0 Å². The van der Waals surface area contributed by atoms with Gasteiger partial charge in [-0.2, -0.15) is 0 Å². The van der Waals surface area contributed by atoms with Gasteiger partial charge in [-0.05, 0) is 36.6 Å². The fourth-order valence-electron chi connectivity index (χ4n) is 2.53. The van der Waals surface area contributed by atoms with E-state index in [0.29, 0.717) is 18.2 Å². The molecule has 1 aromatic carbocycles. The van der Waals surface area contributed by atoms with Crippen molar-refractivity contribution in [3.8, 4) is 0 Å². The Hall–Kier alpha value is -2.95. The lowest BCUT2D eigenvalue weighted by molar-refractivity contribution is 0.0947. The van der Waals surface area contributed by atoms with Gasteiger partial charge in [0.2, 0.25) is 0 Å². The van der Waals surface area contributed by atoms with Crippen molar-refractivity contribution < 1.29 is 4.79 Å². The number of carbonyl (C=O) groups is 1. The molecule has 0 bridgehead atoms. The molecule has 5 nitrogen and oxygen atoms in total. The molecule has 1 amide bonds. The summed E-state index contributed by atoms with van der Waals surface area (Å²) in [5.41, 5.74) is 3.05. The Morgan fingerprint density at radius 1 is 1.08 bits per heavy atom. The van der Waals surface area contributed by atoms with Crippen LogP contribution in [0.1, 0.15) is 30.8 Å². The van der Waals surface area contributed by atoms with Crippen LogP contribution in [0.25, 0.3) is 10.9 Å². The van der Waals surface area contributed by atoms with E-state index in [4.69, 9.17) is 0 Å². The first-order valence-electron chi connectivity index (χ1n) is 8.48. The molecule has 0 aliphatic heterocycles. The van der Waals surface area contributed by atoms with Crippen LogP contribution >= 0.6 is 0 Å². The van der Waals surface area contributed by atoms with Gasteiger partial charge >= 0.3 is 0 Å². The van der Waals surface area contributed by atoms with Gasteiger partial charge in [-0.1, -0.05) is 32.0 Å². The van der Waals surface area contributed by atoms with Crippen LogP contribution in [-0.4, -0.2) is 22.4 Å². The highest BCUT2D eigenvalue weighted by Crippen LogP contribution is 2.24. The molecule has 128 valence electrons. The molecule has 5 heteroatoms. The summed E-state index contributed by atoms with van der Waals surface area (Å²) in [6.07, 6.45) is 4.40. The van der Waals surface area contributed by atoms with Crippen molar-refractivity contribution in [1.29, 1.82) is 0 Å². The third-order valence-corrected chi connectivity index (χ3v) is 3.92. The lowest BCUT2D eigenvalue weighted by Gasteiger charge is -2.10. The lowest BCUT2D eigenvalue weighted by Crippen LogP contribution is -2.26. The second kappa shape index (κ2) is 7.75. The van der Waals surface area contributed by atoms with Crippen LogP contribution in [0.4, 0.5) is 11.4 Å². The fraction of sp³-hybridized carbons (Fsp3) is 0.250. The topological polar surface area (TPSA) is 66.9 Å². The summed E-state index contributed by atoms with van der Waals surface area (Å²) < 4.78 is 0. The van der Waals surface area contributed by atoms with Gasteiger partial charge in [-0.3, -0.25) is 9.78 Å². The summed E-state index contributed by atoms with van der Waals surface area (Å²) in [6.45, 7) is 4.93. The molecule has 0 aliphatic carbocycles. The van der Waals surface area contributed by atoms with E-state index in [-0.39, 0.29) is 5.91 Å². The average Bonchev–Trinajstić information content (AvgIpc) is 2.62. The van der Waals surface area contributed by atoms with Gasteiger partial charge in [-0.15, -0.1) is 0 Å². The van der Waals surface area contributed by atoms with Crippen LogP contribution in [0.3, 0.4) is 0 Å². The van der Waals surface area contributed by atoms with E-state index in [2.05, 4.69) is 34.4 Å². The normalized spacial score (nSPS) is 10.8. The third kappa shape index (κ3) is 4.32. The van der Waals surface area contributed by atoms with Gasteiger partial charge < -0.3 is 10.6 Å². The molecular formula is C20H22N4O. The van der Waals surface area contributed by atoms with Gasteiger partial charge in [0.1, 0.15) is 5.69 Å². The van der Waals surface area contributed by atoms with Crippen LogP contribution < -0.4 is 10.6 Å². The van der Waals surface area contributed by atoms with E-state index in [0.717, 1.165) is 28.7 Å². The number of pyridine rings is 2. The van der Waals surface area contributed by atoms with Crippen LogP contribution in [-0.2, 0) is 0 Å². The molecular weight excluding hydrogens is 312 g/mol. The summed E-state index contributed by atoms with van der Waals surface area (Å²) in [6, 6.07) is 13.5. The highest BCUT2D eigenvalue weighted by Gasteiger charge is 2.08. The number of benzene rings is 1. The zero-order valence-electron chi connectivity index (χ0n) is 14.5. The van der Waals surface area contributed by atoms with E-state index in [1.54, 1.807) is 18.5 Å².